The number of piperidine rings is 1. The van der Waals surface area contributed by atoms with E-state index in [2.05, 4.69) is 15.4 Å². The Balaban J connectivity index is 1.26. The van der Waals surface area contributed by atoms with Crippen molar-refractivity contribution >= 4 is 11.8 Å². The van der Waals surface area contributed by atoms with Crippen molar-refractivity contribution in [3.05, 3.63) is 41.6 Å². The van der Waals surface area contributed by atoms with Crippen molar-refractivity contribution in [1.29, 1.82) is 0 Å². The lowest BCUT2D eigenvalue weighted by Crippen LogP contribution is -2.61. The molecule has 1 N–H and O–H groups in total. The van der Waals surface area contributed by atoms with E-state index in [-0.39, 0.29) is 34.9 Å². The first-order valence-electron chi connectivity index (χ1n) is 11.9. The number of hydrogen-bond donors (Lipinski definition) is 1. The minimum atomic E-state index is -0.799. The zero-order chi connectivity index (χ0) is 24.0. The number of halogens is 2. The van der Waals surface area contributed by atoms with Gasteiger partial charge in [-0.15, -0.1) is 0 Å². The molecule has 34 heavy (non-hydrogen) atoms. The lowest BCUT2D eigenvalue weighted by Gasteiger charge is -2.58. The van der Waals surface area contributed by atoms with E-state index in [0.29, 0.717) is 24.4 Å². The van der Waals surface area contributed by atoms with Gasteiger partial charge in [0.25, 0.3) is 5.91 Å². The molecule has 2 amide bonds. The van der Waals surface area contributed by atoms with E-state index in [4.69, 9.17) is 4.52 Å². The van der Waals surface area contributed by atoms with E-state index < -0.39 is 17.5 Å². The summed E-state index contributed by atoms with van der Waals surface area (Å²) < 4.78 is 32.4. The number of aromatic nitrogens is 1. The van der Waals surface area contributed by atoms with Gasteiger partial charge in [0.15, 0.2) is 11.5 Å². The number of carbonyl (C=O) groups excluding carboxylic acids is 2. The van der Waals surface area contributed by atoms with E-state index in [1.54, 1.807) is 19.0 Å². The minimum absolute atomic E-state index is 0.0110. The highest BCUT2D eigenvalue weighted by Crippen LogP contribution is 2.57. The van der Waals surface area contributed by atoms with Crippen LogP contribution in [0.25, 0.3) is 11.3 Å². The van der Waals surface area contributed by atoms with Gasteiger partial charge in [0.05, 0.1) is 11.5 Å². The molecule has 3 fully saturated rings. The van der Waals surface area contributed by atoms with Crippen LogP contribution in [0.5, 0.6) is 0 Å². The van der Waals surface area contributed by atoms with Gasteiger partial charge in [0.1, 0.15) is 11.6 Å². The van der Waals surface area contributed by atoms with E-state index in [9.17, 15) is 18.4 Å². The number of nitrogens with one attached hydrogen (secondary N) is 1. The Labute approximate surface area is 197 Å². The van der Waals surface area contributed by atoms with E-state index in [0.717, 1.165) is 18.7 Å². The van der Waals surface area contributed by atoms with Crippen LogP contribution in [0.1, 0.15) is 49.0 Å². The van der Waals surface area contributed by atoms with Crippen LogP contribution in [0.4, 0.5) is 8.78 Å². The molecule has 2 aromatic rings. The molecule has 2 unspecified atom stereocenters. The molecule has 7 nitrogen and oxygen atoms in total. The molecule has 1 spiro atoms. The Kier molecular flexibility index (Phi) is 5.91. The summed E-state index contributed by atoms with van der Waals surface area (Å²) in [5.74, 6) is -2.32. The van der Waals surface area contributed by atoms with Crippen LogP contribution >= 0.6 is 0 Å². The lowest BCUT2D eigenvalue weighted by atomic mass is 9.53. The van der Waals surface area contributed by atoms with Gasteiger partial charge < -0.3 is 14.7 Å². The second-order valence-electron chi connectivity index (χ2n) is 10.3. The molecule has 5 rings (SSSR count). The molecular weight excluding hydrogens is 442 g/mol. The lowest BCUT2D eigenvalue weighted by molar-refractivity contribution is -0.138. The van der Waals surface area contributed by atoms with Crippen molar-refractivity contribution < 1.29 is 22.9 Å². The number of amides is 2. The van der Waals surface area contributed by atoms with Gasteiger partial charge in [0, 0.05) is 51.4 Å². The fourth-order valence-electron chi connectivity index (χ4n) is 5.79. The summed E-state index contributed by atoms with van der Waals surface area (Å²) in [4.78, 5) is 29.9. The standard InChI is InChI=1S/C25H30F2N4O3/c1-30(2)24(33)18-14-31(16-12-25(13-16)7-3-8-25)9-6-20(18)28-23(32)21-11-22(34-29-21)17-5-4-15(26)10-19(17)27/h4-5,10-11,16,18,20H,3,6-9,12-14H2,1-2H3,(H,28,32). The fourth-order valence-corrected chi connectivity index (χ4v) is 5.79. The molecule has 3 aliphatic rings. The summed E-state index contributed by atoms with van der Waals surface area (Å²) in [7, 11) is 3.46. The second kappa shape index (κ2) is 8.76. The van der Waals surface area contributed by atoms with Crippen molar-refractivity contribution in [2.75, 3.05) is 27.2 Å². The molecule has 2 aliphatic carbocycles. The highest BCUT2D eigenvalue weighted by atomic mass is 19.1. The van der Waals surface area contributed by atoms with E-state index >= 15 is 0 Å². The fraction of sp³-hybridized carbons (Fsp3) is 0.560. The Morgan fingerprint density at radius 1 is 1.21 bits per heavy atom. The summed E-state index contributed by atoms with van der Waals surface area (Å²) in [6.07, 6.45) is 7.09. The summed E-state index contributed by atoms with van der Waals surface area (Å²) in [6, 6.07) is 4.62. The largest absolute Gasteiger partial charge is 0.355 e. The third kappa shape index (κ3) is 4.21. The smallest absolute Gasteiger partial charge is 0.273 e. The van der Waals surface area contributed by atoms with Crippen LogP contribution in [0, 0.1) is 23.0 Å². The zero-order valence-corrected chi connectivity index (χ0v) is 19.5. The van der Waals surface area contributed by atoms with Crippen molar-refractivity contribution in [1.82, 2.24) is 20.3 Å². The first kappa shape index (κ1) is 23.0. The van der Waals surface area contributed by atoms with Gasteiger partial charge in [-0.2, -0.15) is 0 Å². The summed E-state index contributed by atoms with van der Waals surface area (Å²) in [5, 5.41) is 6.72. The maximum Gasteiger partial charge on any atom is 0.273 e. The Bertz CT molecular complexity index is 1090. The molecule has 1 aliphatic heterocycles. The maximum atomic E-state index is 14.1. The second-order valence-corrected chi connectivity index (χ2v) is 10.3. The molecule has 2 saturated carbocycles. The van der Waals surface area contributed by atoms with Crippen molar-refractivity contribution in [2.45, 2.75) is 50.6 Å². The van der Waals surface area contributed by atoms with Crippen molar-refractivity contribution in [2.24, 2.45) is 11.3 Å². The molecule has 0 bridgehead atoms. The number of nitrogens with zero attached hydrogens (tertiary/aromatic N) is 3. The summed E-state index contributed by atoms with van der Waals surface area (Å²) in [5.41, 5.74) is 0.570. The van der Waals surface area contributed by atoms with Gasteiger partial charge in [-0.05, 0) is 49.7 Å². The third-order valence-corrected chi connectivity index (χ3v) is 7.93. The van der Waals surface area contributed by atoms with Gasteiger partial charge in [0.2, 0.25) is 5.91 Å². The topological polar surface area (TPSA) is 78.7 Å². The maximum absolute atomic E-state index is 14.1. The summed E-state index contributed by atoms with van der Waals surface area (Å²) in [6.45, 7) is 1.45. The molecule has 0 radical (unpaired) electrons. The van der Waals surface area contributed by atoms with Gasteiger partial charge in [-0.3, -0.25) is 14.5 Å². The Morgan fingerprint density at radius 2 is 1.97 bits per heavy atom. The molecule has 2 atom stereocenters. The van der Waals surface area contributed by atoms with Crippen molar-refractivity contribution in [3.8, 4) is 11.3 Å². The molecule has 182 valence electrons. The van der Waals surface area contributed by atoms with Crippen LogP contribution in [-0.4, -0.2) is 66.0 Å². The average molecular weight is 473 g/mol. The number of hydrogen-bond acceptors (Lipinski definition) is 5. The number of rotatable bonds is 5. The number of carbonyl (C=O) groups is 2. The van der Waals surface area contributed by atoms with Crippen LogP contribution in [0.2, 0.25) is 0 Å². The molecular formula is C25H30F2N4O3. The van der Waals surface area contributed by atoms with Gasteiger partial charge in [-0.1, -0.05) is 11.6 Å². The van der Waals surface area contributed by atoms with Crippen LogP contribution < -0.4 is 5.32 Å². The molecule has 1 aromatic heterocycles. The molecule has 1 aromatic carbocycles. The van der Waals surface area contributed by atoms with Crippen molar-refractivity contribution in [3.63, 3.8) is 0 Å². The quantitative estimate of drug-likeness (QED) is 0.721. The Hall–Kier alpha value is -2.81. The molecule has 9 heteroatoms. The van der Waals surface area contributed by atoms with Crippen LogP contribution in [0.15, 0.2) is 28.8 Å². The number of benzene rings is 1. The first-order valence-corrected chi connectivity index (χ1v) is 11.9. The summed E-state index contributed by atoms with van der Waals surface area (Å²) >= 11 is 0. The predicted octanol–water partition coefficient (Wildman–Crippen LogP) is 3.46. The number of likely N-dealkylation sites (tertiary alicyclic amines) is 1. The highest BCUT2D eigenvalue weighted by Gasteiger charge is 2.51. The van der Waals surface area contributed by atoms with Crippen LogP contribution in [0.3, 0.4) is 0 Å². The van der Waals surface area contributed by atoms with Gasteiger partial charge in [-0.25, -0.2) is 8.78 Å². The highest BCUT2D eigenvalue weighted by molar-refractivity contribution is 5.94. The normalized spacial score (nSPS) is 24.4. The first-order chi connectivity index (χ1) is 16.2. The van der Waals surface area contributed by atoms with Gasteiger partial charge >= 0.3 is 0 Å². The predicted molar refractivity (Wildman–Crippen MR) is 121 cm³/mol. The van der Waals surface area contributed by atoms with Crippen LogP contribution in [-0.2, 0) is 4.79 Å². The third-order valence-electron chi connectivity index (χ3n) is 7.93. The molecule has 2 heterocycles. The Morgan fingerprint density at radius 3 is 2.62 bits per heavy atom. The average Bonchev–Trinajstić information content (AvgIpc) is 3.22. The monoisotopic (exact) mass is 472 g/mol. The SMILES string of the molecule is CN(C)C(=O)C1CN(C2CC3(CCC3)C2)CCC1NC(=O)c1cc(-c2ccc(F)cc2F)on1. The van der Waals surface area contributed by atoms with E-state index in [1.165, 1.54) is 44.2 Å². The van der Waals surface area contributed by atoms with E-state index in [1.807, 2.05) is 0 Å². The molecule has 1 saturated heterocycles. The minimum Gasteiger partial charge on any atom is -0.355 e. The zero-order valence-electron chi connectivity index (χ0n) is 19.5.